The lowest BCUT2D eigenvalue weighted by atomic mass is 9.82. The topological polar surface area (TPSA) is 26.0 Å². The maximum Gasteiger partial charge on any atom is 0.00509 e. The molecule has 1 nitrogen and oxygen atoms in total. The second-order valence-electron chi connectivity index (χ2n) is 6.69. The summed E-state index contributed by atoms with van der Waals surface area (Å²) >= 11 is 0. The summed E-state index contributed by atoms with van der Waals surface area (Å²) in [5, 5.41) is 0. The summed E-state index contributed by atoms with van der Waals surface area (Å²) in [4.78, 5) is 0. The SMILES string of the molecule is CCC(C)(C)c1ccc(-c2ccc(CC(C)N)cc2)cc1. The molecule has 2 rings (SSSR count). The smallest absolute Gasteiger partial charge is 0.00509 e. The van der Waals surface area contributed by atoms with Crippen LogP contribution in [0.25, 0.3) is 11.1 Å². The largest absolute Gasteiger partial charge is 0.328 e. The molecule has 0 aromatic heterocycles. The monoisotopic (exact) mass is 281 g/mol. The highest BCUT2D eigenvalue weighted by molar-refractivity contribution is 5.64. The van der Waals surface area contributed by atoms with Crippen molar-refractivity contribution in [1.82, 2.24) is 0 Å². The average molecular weight is 281 g/mol. The second kappa shape index (κ2) is 6.44. The molecule has 112 valence electrons. The van der Waals surface area contributed by atoms with Gasteiger partial charge in [0, 0.05) is 6.04 Å². The van der Waals surface area contributed by atoms with Gasteiger partial charge in [0.2, 0.25) is 0 Å². The van der Waals surface area contributed by atoms with Gasteiger partial charge in [0.05, 0.1) is 0 Å². The van der Waals surface area contributed by atoms with Crippen LogP contribution in [0.1, 0.15) is 45.2 Å². The van der Waals surface area contributed by atoms with Gasteiger partial charge in [-0.15, -0.1) is 0 Å². The summed E-state index contributed by atoms with van der Waals surface area (Å²) in [5.74, 6) is 0. The van der Waals surface area contributed by atoms with E-state index in [9.17, 15) is 0 Å². The summed E-state index contributed by atoms with van der Waals surface area (Å²) in [6, 6.07) is 17.9. The van der Waals surface area contributed by atoms with E-state index in [0.29, 0.717) is 0 Å². The van der Waals surface area contributed by atoms with Crippen molar-refractivity contribution in [1.29, 1.82) is 0 Å². The third-order valence-corrected chi connectivity index (χ3v) is 4.40. The molecule has 0 saturated heterocycles. The van der Waals surface area contributed by atoms with Crippen molar-refractivity contribution in [3.05, 3.63) is 59.7 Å². The van der Waals surface area contributed by atoms with Crippen LogP contribution in [0, 0.1) is 0 Å². The third-order valence-electron chi connectivity index (χ3n) is 4.40. The molecule has 0 fully saturated rings. The van der Waals surface area contributed by atoms with Crippen molar-refractivity contribution in [3.8, 4) is 11.1 Å². The van der Waals surface area contributed by atoms with Gasteiger partial charge in [0.25, 0.3) is 0 Å². The highest BCUT2D eigenvalue weighted by atomic mass is 14.6. The van der Waals surface area contributed by atoms with E-state index in [0.717, 1.165) is 12.8 Å². The first-order chi connectivity index (χ1) is 9.92. The van der Waals surface area contributed by atoms with Gasteiger partial charge in [0.1, 0.15) is 0 Å². The molecule has 21 heavy (non-hydrogen) atoms. The number of rotatable bonds is 5. The molecule has 0 bridgehead atoms. The minimum Gasteiger partial charge on any atom is -0.328 e. The Labute approximate surface area is 129 Å². The maximum absolute atomic E-state index is 5.84. The molecule has 2 aromatic rings. The van der Waals surface area contributed by atoms with Crippen LogP contribution in [0.15, 0.2) is 48.5 Å². The van der Waals surface area contributed by atoms with Crippen LogP contribution in [0.3, 0.4) is 0 Å². The van der Waals surface area contributed by atoms with Crippen LogP contribution in [0.2, 0.25) is 0 Å². The molecule has 0 heterocycles. The van der Waals surface area contributed by atoms with Crippen molar-refractivity contribution in [3.63, 3.8) is 0 Å². The van der Waals surface area contributed by atoms with Crippen molar-refractivity contribution in [2.45, 2.75) is 52.0 Å². The fourth-order valence-electron chi connectivity index (χ4n) is 2.52. The van der Waals surface area contributed by atoms with Gasteiger partial charge >= 0.3 is 0 Å². The first-order valence-corrected chi connectivity index (χ1v) is 7.88. The molecule has 0 amide bonds. The lowest BCUT2D eigenvalue weighted by Gasteiger charge is -2.23. The second-order valence-corrected chi connectivity index (χ2v) is 6.69. The average Bonchev–Trinajstić information content (AvgIpc) is 2.47. The molecule has 0 aliphatic rings. The maximum atomic E-state index is 5.84. The van der Waals surface area contributed by atoms with E-state index in [-0.39, 0.29) is 11.5 Å². The van der Waals surface area contributed by atoms with Crippen LogP contribution in [0.5, 0.6) is 0 Å². The Kier molecular flexibility index (Phi) is 4.84. The Bertz CT molecular complexity index is 562. The summed E-state index contributed by atoms with van der Waals surface area (Å²) in [5.41, 5.74) is 11.3. The predicted octanol–water partition coefficient (Wildman–Crippen LogP) is 4.93. The first kappa shape index (κ1) is 15.8. The Balaban J connectivity index is 2.19. The number of hydrogen-bond donors (Lipinski definition) is 1. The number of hydrogen-bond acceptors (Lipinski definition) is 1. The van der Waals surface area contributed by atoms with E-state index in [4.69, 9.17) is 5.73 Å². The molecule has 1 unspecified atom stereocenters. The van der Waals surface area contributed by atoms with Gasteiger partial charge in [-0.3, -0.25) is 0 Å². The van der Waals surface area contributed by atoms with Gasteiger partial charge in [-0.05, 0) is 47.4 Å². The molecule has 0 aliphatic heterocycles. The number of benzene rings is 2. The standard InChI is InChI=1S/C20H27N/c1-5-20(3,4)19-12-10-18(11-13-19)17-8-6-16(7-9-17)14-15(2)21/h6-13,15H,5,14,21H2,1-4H3. The van der Waals surface area contributed by atoms with Crippen LogP contribution in [-0.4, -0.2) is 6.04 Å². The molecular weight excluding hydrogens is 254 g/mol. The van der Waals surface area contributed by atoms with Gasteiger partial charge in [-0.1, -0.05) is 69.3 Å². The zero-order valence-corrected chi connectivity index (χ0v) is 13.7. The van der Waals surface area contributed by atoms with Crippen molar-refractivity contribution < 1.29 is 0 Å². The van der Waals surface area contributed by atoms with Crippen LogP contribution in [0.4, 0.5) is 0 Å². The van der Waals surface area contributed by atoms with Crippen LogP contribution < -0.4 is 5.73 Å². The Morgan fingerprint density at radius 2 is 1.38 bits per heavy atom. The highest BCUT2D eigenvalue weighted by Crippen LogP contribution is 2.29. The molecule has 0 aliphatic carbocycles. The van der Waals surface area contributed by atoms with E-state index in [1.54, 1.807) is 0 Å². The molecule has 1 heteroatoms. The lowest BCUT2D eigenvalue weighted by Crippen LogP contribution is -2.17. The van der Waals surface area contributed by atoms with Crippen LogP contribution in [-0.2, 0) is 11.8 Å². The molecule has 0 spiro atoms. The first-order valence-electron chi connectivity index (χ1n) is 7.88. The van der Waals surface area contributed by atoms with Gasteiger partial charge in [-0.2, -0.15) is 0 Å². The van der Waals surface area contributed by atoms with E-state index >= 15 is 0 Å². The van der Waals surface area contributed by atoms with E-state index in [2.05, 4.69) is 69.3 Å². The van der Waals surface area contributed by atoms with E-state index < -0.39 is 0 Å². The molecule has 1 atom stereocenters. The minimum atomic E-state index is 0.214. The summed E-state index contributed by atoms with van der Waals surface area (Å²) in [6.45, 7) is 8.88. The normalized spacial score (nSPS) is 13.2. The molecule has 0 radical (unpaired) electrons. The summed E-state index contributed by atoms with van der Waals surface area (Å²) < 4.78 is 0. The van der Waals surface area contributed by atoms with Gasteiger partial charge in [0.15, 0.2) is 0 Å². The van der Waals surface area contributed by atoms with E-state index in [1.165, 1.54) is 22.3 Å². The summed E-state index contributed by atoms with van der Waals surface area (Å²) in [7, 11) is 0. The Hall–Kier alpha value is -1.60. The molecule has 0 saturated carbocycles. The van der Waals surface area contributed by atoms with Crippen molar-refractivity contribution in [2.24, 2.45) is 5.73 Å². The zero-order chi connectivity index (χ0) is 15.5. The zero-order valence-electron chi connectivity index (χ0n) is 13.7. The molecule has 2 aromatic carbocycles. The van der Waals surface area contributed by atoms with Crippen molar-refractivity contribution >= 4 is 0 Å². The fraction of sp³-hybridized carbons (Fsp3) is 0.400. The minimum absolute atomic E-state index is 0.214. The van der Waals surface area contributed by atoms with Gasteiger partial charge in [-0.25, -0.2) is 0 Å². The third kappa shape index (κ3) is 3.95. The molecule has 2 N–H and O–H groups in total. The van der Waals surface area contributed by atoms with Crippen molar-refractivity contribution in [2.75, 3.05) is 0 Å². The highest BCUT2D eigenvalue weighted by Gasteiger charge is 2.17. The quantitative estimate of drug-likeness (QED) is 0.826. The number of nitrogens with two attached hydrogens (primary N) is 1. The van der Waals surface area contributed by atoms with Gasteiger partial charge < -0.3 is 5.73 Å². The molecular formula is C20H27N. The lowest BCUT2D eigenvalue weighted by molar-refractivity contribution is 0.506. The Morgan fingerprint density at radius 1 is 0.905 bits per heavy atom. The van der Waals surface area contributed by atoms with E-state index in [1.807, 2.05) is 6.92 Å². The predicted molar refractivity (Wildman–Crippen MR) is 92.5 cm³/mol. The summed E-state index contributed by atoms with van der Waals surface area (Å²) in [6.07, 6.45) is 2.09. The van der Waals surface area contributed by atoms with Crippen LogP contribution >= 0.6 is 0 Å². The fourth-order valence-corrected chi connectivity index (χ4v) is 2.52. The Morgan fingerprint density at radius 3 is 1.81 bits per heavy atom.